The Morgan fingerprint density at radius 2 is 1.53 bits per heavy atom. The van der Waals surface area contributed by atoms with Gasteiger partial charge < -0.3 is 10.6 Å². The van der Waals surface area contributed by atoms with Gasteiger partial charge in [0.2, 0.25) is 0 Å². The minimum absolute atomic E-state index is 0.222. The summed E-state index contributed by atoms with van der Waals surface area (Å²) in [6.07, 6.45) is 1.23. The second-order valence-corrected chi connectivity index (χ2v) is 6.80. The summed E-state index contributed by atoms with van der Waals surface area (Å²) in [7, 11) is 0. The van der Waals surface area contributed by atoms with E-state index in [1.54, 1.807) is 0 Å². The predicted molar refractivity (Wildman–Crippen MR) is 69.3 cm³/mol. The minimum atomic E-state index is 0.222. The van der Waals surface area contributed by atoms with Crippen LogP contribution in [0.1, 0.15) is 54.9 Å². The molecule has 2 heteroatoms. The minimum Gasteiger partial charge on any atom is -0.313 e. The number of hydrogen-bond donors (Lipinski definition) is 2. The lowest BCUT2D eigenvalue weighted by atomic mass is 9.92. The predicted octanol–water partition coefficient (Wildman–Crippen LogP) is 2.79. The van der Waals surface area contributed by atoms with Crippen LogP contribution in [0.15, 0.2) is 0 Å². The first-order chi connectivity index (χ1) is 6.60. The van der Waals surface area contributed by atoms with E-state index in [0.717, 1.165) is 13.1 Å². The summed E-state index contributed by atoms with van der Waals surface area (Å²) in [6.45, 7) is 17.8. The zero-order valence-corrected chi connectivity index (χ0v) is 11.7. The molecule has 0 radical (unpaired) electrons. The van der Waals surface area contributed by atoms with Crippen LogP contribution < -0.4 is 10.6 Å². The molecule has 0 saturated heterocycles. The van der Waals surface area contributed by atoms with Crippen molar-refractivity contribution in [3.8, 4) is 0 Å². The third kappa shape index (κ3) is 11.8. The van der Waals surface area contributed by atoms with Gasteiger partial charge in [0.25, 0.3) is 0 Å². The first-order valence-corrected chi connectivity index (χ1v) is 6.08. The van der Waals surface area contributed by atoms with Gasteiger partial charge in [0.1, 0.15) is 0 Å². The van der Waals surface area contributed by atoms with Crippen LogP contribution in [-0.2, 0) is 0 Å². The maximum atomic E-state index is 3.55. The molecule has 0 aromatic carbocycles. The summed E-state index contributed by atoms with van der Waals surface area (Å²) in [5.41, 5.74) is 0.657. The average molecular weight is 214 g/mol. The van der Waals surface area contributed by atoms with Gasteiger partial charge in [-0.1, -0.05) is 20.8 Å². The lowest BCUT2D eigenvalue weighted by Gasteiger charge is -2.25. The second-order valence-electron chi connectivity index (χ2n) is 6.80. The quantitative estimate of drug-likeness (QED) is 0.735. The molecule has 1 unspecified atom stereocenters. The smallest absolute Gasteiger partial charge is 0.0164 e. The Labute approximate surface area is 96.2 Å². The van der Waals surface area contributed by atoms with Crippen molar-refractivity contribution >= 4 is 0 Å². The molecule has 0 aromatic heterocycles. The van der Waals surface area contributed by atoms with E-state index < -0.39 is 0 Å². The van der Waals surface area contributed by atoms with Crippen molar-refractivity contribution < 1.29 is 0 Å². The molecule has 0 bridgehead atoms. The fourth-order valence-electron chi connectivity index (χ4n) is 1.23. The molecule has 92 valence electrons. The summed E-state index contributed by atoms with van der Waals surface area (Å²) < 4.78 is 0. The summed E-state index contributed by atoms with van der Waals surface area (Å²) in [4.78, 5) is 0. The van der Waals surface area contributed by atoms with Gasteiger partial charge in [0.05, 0.1) is 0 Å². The van der Waals surface area contributed by atoms with Gasteiger partial charge in [-0.15, -0.1) is 0 Å². The molecule has 0 aliphatic carbocycles. The SMILES string of the molecule is CC(CNC(C)(C)C)NCCC(C)(C)C. The van der Waals surface area contributed by atoms with Crippen molar-refractivity contribution in [1.29, 1.82) is 0 Å². The molecule has 0 aromatic rings. The van der Waals surface area contributed by atoms with Crippen molar-refractivity contribution in [2.75, 3.05) is 13.1 Å². The maximum Gasteiger partial charge on any atom is 0.0164 e. The zero-order valence-electron chi connectivity index (χ0n) is 11.7. The summed E-state index contributed by atoms with van der Waals surface area (Å²) in [6, 6.07) is 0.548. The van der Waals surface area contributed by atoms with E-state index in [4.69, 9.17) is 0 Å². The van der Waals surface area contributed by atoms with Gasteiger partial charge in [-0.3, -0.25) is 0 Å². The van der Waals surface area contributed by atoms with Crippen molar-refractivity contribution in [1.82, 2.24) is 10.6 Å². The fraction of sp³-hybridized carbons (Fsp3) is 1.00. The van der Waals surface area contributed by atoms with E-state index in [1.165, 1.54) is 6.42 Å². The van der Waals surface area contributed by atoms with Crippen LogP contribution >= 0.6 is 0 Å². The maximum absolute atomic E-state index is 3.55. The van der Waals surface area contributed by atoms with Crippen LogP contribution in [-0.4, -0.2) is 24.7 Å². The van der Waals surface area contributed by atoms with E-state index in [2.05, 4.69) is 59.1 Å². The number of nitrogens with one attached hydrogen (secondary N) is 2. The number of hydrogen-bond acceptors (Lipinski definition) is 2. The molecule has 0 saturated carbocycles. The molecule has 0 rings (SSSR count). The Bertz CT molecular complexity index is 162. The van der Waals surface area contributed by atoms with Crippen LogP contribution in [0.25, 0.3) is 0 Å². The lowest BCUT2D eigenvalue weighted by Crippen LogP contribution is -2.45. The molecule has 0 aliphatic rings. The Kier molecular flexibility index (Phi) is 5.82. The largest absolute Gasteiger partial charge is 0.313 e. The van der Waals surface area contributed by atoms with Crippen molar-refractivity contribution in [3.05, 3.63) is 0 Å². The molecule has 2 N–H and O–H groups in total. The molecular weight excluding hydrogens is 184 g/mol. The molecule has 0 amide bonds. The van der Waals surface area contributed by atoms with E-state index in [9.17, 15) is 0 Å². The highest BCUT2D eigenvalue weighted by molar-refractivity contribution is 4.75. The van der Waals surface area contributed by atoms with Crippen molar-refractivity contribution in [2.24, 2.45) is 5.41 Å². The summed E-state index contributed by atoms with van der Waals surface area (Å²) in [5.74, 6) is 0. The second kappa shape index (κ2) is 5.86. The van der Waals surface area contributed by atoms with Crippen LogP contribution in [0.4, 0.5) is 0 Å². The fourth-order valence-corrected chi connectivity index (χ4v) is 1.23. The Balaban J connectivity index is 3.54. The highest BCUT2D eigenvalue weighted by Gasteiger charge is 2.12. The first-order valence-electron chi connectivity index (χ1n) is 6.08. The van der Waals surface area contributed by atoms with Gasteiger partial charge in [-0.2, -0.15) is 0 Å². The molecule has 0 aliphatic heterocycles. The van der Waals surface area contributed by atoms with E-state index >= 15 is 0 Å². The summed E-state index contributed by atoms with van der Waals surface area (Å²) in [5, 5.41) is 7.06. The standard InChI is InChI=1S/C13H30N2/c1-11(10-15-13(5,6)7)14-9-8-12(2,3)4/h11,14-15H,8-10H2,1-7H3. The van der Waals surface area contributed by atoms with E-state index in [-0.39, 0.29) is 5.54 Å². The van der Waals surface area contributed by atoms with Crippen LogP contribution in [0.3, 0.4) is 0 Å². The Morgan fingerprint density at radius 3 is 1.93 bits per heavy atom. The van der Waals surface area contributed by atoms with E-state index in [0.29, 0.717) is 11.5 Å². The van der Waals surface area contributed by atoms with Crippen molar-refractivity contribution in [2.45, 2.75) is 66.5 Å². The molecular formula is C13H30N2. The normalized spacial score (nSPS) is 15.4. The summed E-state index contributed by atoms with van der Waals surface area (Å²) >= 11 is 0. The van der Waals surface area contributed by atoms with Gasteiger partial charge in [-0.05, 0) is 46.1 Å². The molecule has 0 spiro atoms. The molecule has 15 heavy (non-hydrogen) atoms. The topological polar surface area (TPSA) is 24.1 Å². The lowest BCUT2D eigenvalue weighted by molar-refractivity contribution is 0.341. The third-order valence-electron chi connectivity index (χ3n) is 2.31. The van der Waals surface area contributed by atoms with Crippen molar-refractivity contribution in [3.63, 3.8) is 0 Å². The van der Waals surface area contributed by atoms with E-state index in [1.807, 2.05) is 0 Å². The first kappa shape index (κ1) is 14.9. The zero-order chi connectivity index (χ0) is 12.1. The molecule has 0 fully saturated rings. The monoisotopic (exact) mass is 214 g/mol. The molecule has 2 nitrogen and oxygen atoms in total. The van der Waals surface area contributed by atoms with Gasteiger partial charge in [0.15, 0.2) is 0 Å². The van der Waals surface area contributed by atoms with Crippen LogP contribution in [0.5, 0.6) is 0 Å². The van der Waals surface area contributed by atoms with Gasteiger partial charge >= 0.3 is 0 Å². The van der Waals surface area contributed by atoms with Crippen LogP contribution in [0, 0.1) is 5.41 Å². The van der Waals surface area contributed by atoms with Gasteiger partial charge in [0, 0.05) is 18.1 Å². The highest BCUT2D eigenvalue weighted by atomic mass is 15.0. The highest BCUT2D eigenvalue weighted by Crippen LogP contribution is 2.16. The molecule has 1 atom stereocenters. The van der Waals surface area contributed by atoms with Crippen LogP contribution in [0.2, 0.25) is 0 Å². The Morgan fingerprint density at radius 1 is 1.00 bits per heavy atom. The number of rotatable bonds is 5. The molecule has 0 heterocycles. The Hall–Kier alpha value is -0.0800. The van der Waals surface area contributed by atoms with Gasteiger partial charge in [-0.25, -0.2) is 0 Å². The third-order valence-corrected chi connectivity index (χ3v) is 2.31. The average Bonchev–Trinajstić information content (AvgIpc) is 1.97.